The molecule has 0 amide bonds. The standard InChI is InChI=1S/C40H68O6/c1-4-5-30-37(42)31-26-22-18-14-10-6-7-11-16-20-24-28-33-40(44)46-38(34-41)35-45-39(43)32-27-23-19-15-12-8-9-13-17-21-25-29-36(2)3/h5-7,14,16,18,20,22,26,30,36-38,41-42H,4,8-13,15,17,19,21,23-25,27-29,31-35H2,1-3H3/b7-6-,18-14-,20-16-,26-22+,30-5-/t37?,38-/m0/s1. The van der Waals surface area contributed by atoms with Crippen LogP contribution in [0.4, 0.5) is 0 Å². The maximum absolute atomic E-state index is 12.1. The summed E-state index contributed by atoms with van der Waals surface area (Å²) in [6.45, 7) is 6.17. The van der Waals surface area contributed by atoms with E-state index >= 15 is 0 Å². The summed E-state index contributed by atoms with van der Waals surface area (Å²) >= 11 is 0. The summed E-state index contributed by atoms with van der Waals surface area (Å²) in [5.74, 6) is 0.139. The summed E-state index contributed by atoms with van der Waals surface area (Å²) in [5, 5.41) is 19.2. The first kappa shape index (κ1) is 43.6. The van der Waals surface area contributed by atoms with E-state index in [-0.39, 0.29) is 31.6 Å². The molecule has 0 aliphatic rings. The first-order valence-electron chi connectivity index (χ1n) is 18.3. The van der Waals surface area contributed by atoms with E-state index in [9.17, 15) is 19.8 Å². The molecular formula is C40H68O6. The van der Waals surface area contributed by atoms with E-state index in [4.69, 9.17) is 9.47 Å². The van der Waals surface area contributed by atoms with E-state index in [1.54, 1.807) is 0 Å². The molecule has 6 heteroatoms. The van der Waals surface area contributed by atoms with Crippen LogP contribution in [0.3, 0.4) is 0 Å². The van der Waals surface area contributed by atoms with Gasteiger partial charge in [-0.25, -0.2) is 0 Å². The number of aliphatic hydroxyl groups is 2. The molecule has 0 aliphatic heterocycles. The molecule has 0 aromatic rings. The van der Waals surface area contributed by atoms with Gasteiger partial charge in [0.1, 0.15) is 6.61 Å². The van der Waals surface area contributed by atoms with Crippen molar-refractivity contribution in [2.75, 3.05) is 13.2 Å². The van der Waals surface area contributed by atoms with Crippen LogP contribution in [0.1, 0.15) is 149 Å². The summed E-state index contributed by atoms with van der Waals surface area (Å²) in [6.07, 6.45) is 39.1. The first-order valence-corrected chi connectivity index (χ1v) is 18.3. The number of hydrogen-bond acceptors (Lipinski definition) is 6. The van der Waals surface area contributed by atoms with Crippen LogP contribution in [0.15, 0.2) is 60.8 Å². The molecule has 0 aliphatic carbocycles. The third kappa shape index (κ3) is 32.9. The minimum absolute atomic E-state index is 0.101. The molecule has 0 rings (SSSR count). The number of hydrogen-bond donors (Lipinski definition) is 2. The molecule has 0 bridgehead atoms. The summed E-state index contributed by atoms with van der Waals surface area (Å²) in [6, 6.07) is 0. The Morgan fingerprint density at radius 3 is 1.87 bits per heavy atom. The van der Waals surface area contributed by atoms with Crippen LogP contribution in [-0.4, -0.2) is 47.6 Å². The van der Waals surface area contributed by atoms with Crippen LogP contribution in [0.5, 0.6) is 0 Å². The van der Waals surface area contributed by atoms with E-state index in [0.29, 0.717) is 19.3 Å². The van der Waals surface area contributed by atoms with Crippen molar-refractivity contribution in [3.63, 3.8) is 0 Å². The molecule has 0 spiro atoms. The van der Waals surface area contributed by atoms with E-state index in [1.165, 1.54) is 57.8 Å². The van der Waals surface area contributed by atoms with E-state index in [2.05, 4.69) is 44.2 Å². The molecule has 2 N–H and O–H groups in total. The van der Waals surface area contributed by atoms with Gasteiger partial charge in [-0.3, -0.25) is 9.59 Å². The maximum Gasteiger partial charge on any atom is 0.306 e. The Balaban J connectivity index is 3.74. The van der Waals surface area contributed by atoms with Crippen molar-refractivity contribution < 1.29 is 29.3 Å². The molecule has 0 aromatic heterocycles. The smallest absolute Gasteiger partial charge is 0.306 e. The highest BCUT2D eigenvalue weighted by Gasteiger charge is 2.15. The Labute approximate surface area is 282 Å². The monoisotopic (exact) mass is 645 g/mol. The molecule has 0 saturated carbocycles. The molecule has 0 saturated heterocycles. The summed E-state index contributed by atoms with van der Waals surface area (Å²) in [4.78, 5) is 24.2. The van der Waals surface area contributed by atoms with Crippen LogP contribution in [0, 0.1) is 5.92 Å². The normalized spacial score (nSPS) is 13.7. The van der Waals surface area contributed by atoms with Gasteiger partial charge >= 0.3 is 11.9 Å². The van der Waals surface area contributed by atoms with Crippen molar-refractivity contribution in [3.05, 3.63) is 60.8 Å². The number of allylic oxidation sites excluding steroid dienone is 8. The second-order valence-corrected chi connectivity index (χ2v) is 12.6. The Bertz CT molecular complexity index is 854. The van der Waals surface area contributed by atoms with E-state index < -0.39 is 12.2 Å². The second kappa shape index (κ2) is 33.9. The fourth-order valence-electron chi connectivity index (χ4n) is 4.79. The molecule has 2 atom stereocenters. The summed E-state index contributed by atoms with van der Waals surface area (Å²) in [5.41, 5.74) is 0. The van der Waals surface area contributed by atoms with Gasteiger partial charge in [-0.2, -0.15) is 0 Å². The lowest BCUT2D eigenvalue weighted by Gasteiger charge is -2.15. The molecule has 0 radical (unpaired) electrons. The van der Waals surface area contributed by atoms with Crippen LogP contribution in [0.2, 0.25) is 0 Å². The van der Waals surface area contributed by atoms with Gasteiger partial charge in [-0.15, -0.1) is 0 Å². The van der Waals surface area contributed by atoms with Crippen LogP contribution < -0.4 is 0 Å². The van der Waals surface area contributed by atoms with Crippen molar-refractivity contribution in [2.45, 2.75) is 161 Å². The SMILES string of the molecule is CC/C=C\C(O)C/C=C/C=C\C/C=C\C/C=C\CCCC(=O)O[C@@H](CO)COC(=O)CCCCCCCCCCCCCC(C)C. The minimum Gasteiger partial charge on any atom is -0.462 e. The third-order valence-electron chi connectivity index (χ3n) is 7.58. The lowest BCUT2D eigenvalue weighted by atomic mass is 10.0. The predicted octanol–water partition coefficient (Wildman–Crippen LogP) is 10.1. The van der Waals surface area contributed by atoms with Crippen molar-refractivity contribution in [1.82, 2.24) is 0 Å². The minimum atomic E-state index is -0.814. The van der Waals surface area contributed by atoms with Crippen molar-refractivity contribution in [3.8, 4) is 0 Å². The molecule has 264 valence electrons. The Hall–Kier alpha value is -2.44. The highest BCUT2D eigenvalue weighted by atomic mass is 16.6. The first-order chi connectivity index (χ1) is 22.4. The highest BCUT2D eigenvalue weighted by molar-refractivity contribution is 5.70. The maximum atomic E-state index is 12.1. The fraction of sp³-hybridized carbons (Fsp3) is 0.700. The zero-order valence-corrected chi connectivity index (χ0v) is 29.6. The largest absolute Gasteiger partial charge is 0.462 e. The summed E-state index contributed by atoms with van der Waals surface area (Å²) < 4.78 is 10.5. The Kier molecular flexibility index (Phi) is 32.1. The van der Waals surface area contributed by atoms with Gasteiger partial charge in [-0.1, -0.05) is 152 Å². The van der Waals surface area contributed by atoms with Crippen molar-refractivity contribution >= 4 is 11.9 Å². The molecule has 6 nitrogen and oxygen atoms in total. The highest BCUT2D eigenvalue weighted by Crippen LogP contribution is 2.14. The van der Waals surface area contributed by atoms with Gasteiger partial charge in [0.05, 0.1) is 12.7 Å². The van der Waals surface area contributed by atoms with Gasteiger partial charge in [-0.05, 0) is 50.9 Å². The molecule has 0 heterocycles. The topological polar surface area (TPSA) is 93.1 Å². The average Bonchev–Trinajstić information content (AvgIpc) is 3.04. The molecule has 1 unspecified atom stereocenters. The number of ether oxygens (including phenoxy) is 2. The van der Waals surface area contributed by atoms with Crippen LogP contribution >= 0.6 is 0 Å². The summed E-state index contributed by atoms with van der Waals surface area (Å²) in [7, 11) is 0. The van der Waals surface area contributed by atoms with Gasteiger partial charge in [0.2, 0.25) is 0 Å². The zero-order valence-electron chi connectivity index (χ0n) is 29.6. The van der Waals surface area contributed by atoms with E-state index in [1.807, 2.05) is 37.3 Å². The van der Waals surface area contributed by atoms with Gasteiger partial charge in [0, 0.05) is 12.8 Å². The quantitative estimate of drug-likeness (QED) is 0.0338. The van der Waals surface area contributed by atoms with Crippen LogP contribution in [0.25, 0.3) is 0 Å². The van der Waals surface area contributed by atoms with Crippen molar-refractivity contribution in [2.24, 2.45) is 5.92 Å². The lowest BCUT2D eigenvalue weighted by molar-refractivity contribution is -0.161. The van der Waals surface area contributed by atoms with Crippen LogP contribution in [-0.2, 0) is 19.1 Å². The Morgan fingerprint density at radius 2 is 1.24 bits per heavy atom. The molecular weight excluding hydrogens is 576 g/mol. The zero-order chi connectivity index (χ0) is 33.9. The van der Waals surface area contributed by atoms with Gasteiger partial charge in [0.25, 0.3) is 0 Å². The van der Waals surface area contributed by atoms with E-state index in [0.717, 1.165) is 50.9 Å². The number of rotatable bonds is 31. The predicted molar refractivity (Wildman–Crippen MR) is 192 cm³/mol. The average molecular weight is 645 g/mol. The lowest BCUT2D eigenvalue weighted by Crippen LogP contribution is -2.28. The van der Waals surface area contributed by atoms with Gasteiger partial charge < -0.3 is 19.7 Å². The molecule has 0 fully saturated rings. The van der Waals surface area contributed by atoms with Crippen molar-refractivity contribution in [1.29, 1.82) is 0 Å². The number of unbranched alkanes of at least 4 members (excludes halogenated alkanes) is 11. The third-order valence-corrected chi connectivity index (χ3v) is 7.58. The number of esters is 2. The Morgan fingerprint density at radius 1 is 0.674 bits per heavy atom. The molecule has 0 aromatic carbocycles. The number of carbonyl (C=O) groups excluding carboxylic acids is 2. The number of carbonyl (C=O) groups is 2. The number of aliphatic hydroxyl groups excluding tert-OH is 2. The van der Waals surface area contributed by atoms with Gasteiger partial charge in [0.15, 0.2) is 6.10 Å². The fourth-order valence-corrected chi connectivity index (χ4v) is 4.79. The molecule has 46 heavy (non-hydrogen) atoms. The second-order valence-electron chi connectivity index (χ2n) is 12.6.